The van der Waals surface area contributed by atoms with Gasteiger partial charge in [-0.1, -0.05) is 6.92 Å². The summed E-state index contributed by atoms with van der Waals surface area (Å²) in [5.41, 5.74) is 7.20. The number of rotatable bonds is 6. The lowest BCUT2D eigenvalue weighted by atomic mass is 10.0. The van der Waals surface area contributed by atoms with Crippen molar-refractivity contribution < 1.29 is 4.74 Å². The molecule has 1 aromatic heterocycles. The molecule has 1 aromatic rings. The predicted octanol–water partition coefficient (Wildman–Crippen LogP) is 1.63. The first kappa shape index (κ1) is 11.6. The third kappa shape index (κ3) is 2.83. The van der Waals surface area contributed by atoms with E-state index in [2.05, 4.69) is 12.0 Å². The third-order valence-corrected chi connectivity index (χ3v) is 3.12. The van der Waals surface area contributed by atoms with Crippen molar-refractivity contribution in [2.24, 2.45) is 18.7 Å². The van der Waals surface area contributed by atoms with Crippen molar-refractivity contribution in [1.82, 2.24) is 9.78 Å². The van der Waals surface area contributed by atoms with Gasteiger partial charge >= 0.3 is 0 Å². The smallest absolute Gasteiger partial charge is 0.101 e. The highest BCUT2D eigenvalue weighted by Crippen LogP contribution is 2.32. The molecule has 1 heterocycles. The monoisotopic (exact) mass is 223 g/mol. The number of aromatic nitrogens is 2. The van der Waals surface area contributed by atoms with Crippen LogP contribution in [0.4, 0.5) is 0 Å². The number of hydrogen-bond acceptors (Lipinski definition) is 3. The lowest BCUT2D eigenvalue weighted by molar-refractivity contribution is 0.0268. The standard InChI is InChI=1S/C12H21N3O/c1-3-11(13)12(16-8-9-4-5-9)10-6-14-15(2)7-10/h6-7,9,11-12H,3-5,8,13H2,1-2H3. The highest BCUT2D eigenvalue weighted by Gasteiger charge is 2.26. The molecular formula is C12H21N3O. The molecule has 4 heteroatoms. The molecular weight excluding hydrogens is 202 g/mol. The van der Waals surface area contributed by atoms with E-state index in [9.17, 15) is 0 Å². The fraction of sp³-hybridized carbons (Fsp3) is 0.750. The summed E-state index contributed by atoms with van der Waals surface area (Å²) < 4.78 is 7.74. The summed E-state index contributed by atoms with van der Waals surface area (Å²) in [5, 5.41) is 4.18. The lowest BCUT2D eigenvalue weighted by Gasteiger charge is -2.22. The highest BCUT2D eigenvalue weighted by atomic mass is 16.5. The second-order valence-electron chi connectivity index (χ2n) is 4.72. The molecule has 90 valence electrons. The maximum absolute atomic E-state index is 6.10. The van der Waals surface area contributed by atoms with Crippen molar-refractivity contribution in [3.8, 4) is 0 Å². The molecule has 0 aliphatic heterocycles. The zero-order valence-corrected chi connectivity index (χ0v) is 10.1. The Bertz CT molecular complexity index is 333. The Morgan fingerprint density at radius 2 is 2.38 bits per heavy atom. The van der Waals surface area contributed by atoms with Gasteiger partial charge in [0, 0.05) is 24.8 Å². The molecule has 1 fully saturated rings. The van der Waals surface area contributed by atoms with E-state index in [1.165, 1.54) is 12.8 Å². The van der Waals surface area contributed by atoms with Gasteiger partial charge in [-0.3, -0.25) is 4.68 Å². The van der Waals surface area contributed by atoms with Crippen molar-refractivity contribution in [1.29, 1.82) is 0 Å². The van der Waals surface area contributed by atoms with Gasteiger partial charge in [0.05, 0.1) is 12.8 Å². The van der Waals surface area contributed by atoms with Crippen molar-refractivity contribution in [3.63, 3.8) is 0 Å². The Morgan fingerprint density at radius 1 is 1.62 bits per heavy atom. The SMILES string of the molecule is CCC(N)C(OCC1CC1)c1cnn(C)c1. The van der Waals surface area contributed by atoms with Crippen LogP contribution >= 0.6 is 0 Å². The summed E-state index contributed by atoms with van der Waals surface area (Å²) >= 11 is 0. The van der Waals surface area contributed by atoms with Crippen LogP contribution in [0, 0.1) is 5.92 Å². The third-order valence-electron chi connectivity index (χ3n) is 3.12. The molecule has 0 aromatic carbocycles. The number of aryl methyl sites for hydroxylation is 1. The van der Waals surface area contributed by atoms with E-state index in [0.717, 1.165) is 24.5 Å². The van der Waals surface area contributed by atoms with Gasteiger partial charge in [0.2, 0.25) is 0 Å². The molecule has 0 spiro atoms. The molecule has 16 heavy (non-hydrogen) atoms. The number of hydrogen-bond donors (Lipinski definition) is 1. The van der Waals surface area contributed by atoms with Gasteiger partial charge in [-0.2, -0.15) is 5.10 Å². The number of nitrogens with two attached hydrogens (primary N) is 1. The molecule has 2 N–H and O–H groups in total. The zero-order chi connectivity index (χ0) is 11.5. The first-order valence-electron chi connectivity index (χ1n) is 6.06. The molecule has 4 nitrogen and oxygen atoms in total. The minimum atomic E-state index is -0.000648. The van der Waals surface area contributed by atoms with Crippen LogP contribution < -0.4 is 5.73 Å². The number of nitrogens with zero attached hydrogens (tertiary/aromatic N) is 2. The van der Waals surface area contributed by atoms with Crippen LogP contribution in [0.3, 0.4) is 0 Å². The average Bonchev–Trinajstić information content (AvgIpc) is 3.01. The molecule has 0 amide bonds. The van der Waals surface area contributed by atoms with Gasteiger partial charge in [-0.05, 0) is 25.2 Å². The van der Waals surface area contributed by atoms with Crippen LogP contribution in [0.5, 0.6) is 0 Å². The Kier molecular flexibility index (Phi) is 3.61. The average molecular weight is 223 g/mol. The van der Waals surface area contributed by atoms with Crippen molar-refractivity contribution in [3.05, 3.63) is 18.0 Å². The molecule has 0 saturated heterocycles. The molecule has 2 unspecified atom stereocenters. The van der Waals surface area contributed by atoms with E-state index in [0.29, 0.717) is 0 Å². The molecule has 2 atom stereocenters. The van der Waals surface area contributed by atoms with Gasteiger partial charge in [-0.25, -0.2) is 0 Å². The van der Waals surface area contributed by atoms with E-state index >= 15 is 0 Å². The predicted molar refractivity (Wildman–Crippen MR) is 62.9 cm³/mol. The summed E-state index contributed by atoms with van der Waals surface area (Å²) in [4.78, 5) is 0. The van der Waals surface area contributed by atoms with Gasteiger partial charge in [-0.15, -0.1) is 0 Å². The molecule has 1 aliphatic rings. The maximum atomic E-state index is 6.10. The van der Waals surface area contributed by atoms with E-state index in [1.54, 1.807) is 4.68 Å². The fourth-order valence-corrected chi connectivity index (χ4v) is 1.79. The first-order valence-corrected chi connectivity index (χ1v) is 6.06. The maximum Gasteiger partial charge on any atom is 0.101 e. The van der Waals surface area contributed by atoms with Gasteiger partial charge in [0.15, 0.2) is 0 Å². The minimum absolute atomic E-state index is 0.000648. The quantitative estimate of drug-likeness (QED) is 0.797. The largest absolute Gasteiger partial charge is 0.371 e. The van der Waals surface area contributed by atoms with E-state index in [-0.39, 0.29) is 12.1 Å². The van der Waals surface area contributed by atoms with Crippen LogP contribution in [-0.4, -0.2) is 22.4 Å². The van der Waals surface area contributed by atoms with Crippen LogP contribution in [0.1, 0.15) is 37.9 Å². The summed E-state index contributed by atoms with van der Waals surface area (Å²) in [6.07, 6.45) is 7.38. The summed E-state index contributed by atoms with van der Waals surface area (Å²) in [6.45, 7) is 2.93. The second kappa shape index (κ2) is 4.97. The number of ether oxygens (including phenoxy) is 1. The summed E-state index contributed by atoms with van der Waals surface area (Å²) in [6, 6.07) is 0.0583. The molecule has 0 radical (unpaired) electrons. The van der Waals surface area contributed by atoms with Crippen LogP contribution in [0.2, 0.25) is 0 Å². The Hall–Kier alpha value is -0.870. The molecule has 2 rings (SSSR count). The molecule has 0 bridgehead atoms. The van der Waals surface area contributed by atoms with E-state index in [1.807, 2.05) is 19.4 Å². The van der Waals surface area contributed by atoms with Gasteiger partial charge in [0.25, 0.3) is 0 Å². The summed E-state index contributed by atoms with van der Waals surface area (Å²) in [7, 11) is 1.92. The Morgan fingerprint density at radius 3 is 2.88 bits per heavy atom. The molecule has 1 saturated carbocycles. The molecule has 1 aliphatic carbocycles. The van der Waals surface area contributed by atoms with Crippen LogP contribution in [-0.2, 0) is 11.8 Å². The topological polar surface area (TPSA) is 53.1 Å². The first-order chi connectivity index (χ1) is 7.70. The van der Waals surface area contributed by atoms with Crippen LogP contribution in [0.15, 0.2) is 12.4 Å². The highest BCUT2D eigenvalue weighted by molar-refractivity contribution is 5.10. The van der Waals surface area contributed by atoms with E-state index in [4.69, 9.17) is 10.5 Å². The van der Waals surface area contributed by atoms with Gasteiger partial charge in [0.1, 0.15) is 6.10 Å². The fourth-order valence-electron chi connectivity index (χ4n) is 1.79. The Labute approximate surface area is 96.8 Å². The lowest BCUT2D eigenvalue weighted by Crippen LogP contribution is -2.29. The van der Waals surface area contributed by atoms with Crippen LogP contribution in [0.25, 0.3) is 0 Å². The van der Waals surface area contributed by atoms with Crippen molar-refractivity contribution in [2.45, 2.75) is 38.3 Å². The van der Waals surface area contributed by atoms with Crippen molar-refractivity contribution in [2.75, 3.05) is 6.61 Å². The van der Waals surface area contributed by atoms with E-state index < -0.39 is 0 Å². The zero-order valence-electron chi connectivity index (χ0n) is 10.1. The van der Waals surface area contributed by atoms with Crippen molar-refractivity contribution >= 4 is 0 Å². The minimum Gasteiger partial charge on any atom is -0.371 e. The summed E-state index contributed by atoms with van der Waals surface area (Å²) in [5.74, 6) is 0.767. The second-order valence-corrected chi connectivity index (χ2v) is 4.72. The normalized spacial score (nSPS) is 19.7. The van der Waals surface area contributed by atoms with Gasteiger partial charge < -0.3 is 10.5 Å². The Balaban J connectivity index is 2.00.